The van der Waals surface area contributed by atoms with Gasteiger partial charge in [0.05, 0.1) is 11.1 Å². The number of nitrogens with one attached hydrogen (secondary N) is 2. The molecule has 3 aliphatic rings. The second-order valence-corrected chi connectivity index (χ2v) is 11.5. The molecule has 4 atom stereocenters. The second kappa shape index (κ2) is 10.4. The van der Waals surface area contributed by atoms with E-state index in [9.17, 15) is 14.4 Å². The average Bonchev–Trinajstić information content (AvgIpc) is 3.69. The van der Waals surface area contributed by atoms with Gasteiger partial charge < -0.3 is 21.3 Å². The van der Waals surface area contributed by atoms with Gasteiger partial charge in [0.2, 0.25) is 0 Å². The van der Waals surface area contributed by atoms with Crippen molar-refractivity contribution in [3.05, 3.63) is 51.6 Å². The van der Waals surface area contributed by atoms with Crippen LogP contribution in [0.3, 0.4) is 0 Å². The van der Waals surface area contributed by atoms with E-state index in [2.05, 4.69) is 36.4 Å². The van der Waals surface area contributed by atoms with Crippen molar-refractivity contribution in [2.24, 2.45) is 11.7 Å². The van der Waals surface area contributed by atoms with Crippen molar-refractivity contribution in [1.82, 2.24) is 10.3 Å². The van der Waals surface area contributed by atoms with Crippen LogP contribution in [-0.4, -0.2) is 46.7 Å². The van der Waals surface area contributed by atoms with E-state index in [-0.39, 0.29) is 29.7 Å². The maximum Gasteiger partial charge on any atom is 0.252 e. The molecule has 3 heterocycles. The maximum absolute atomic E-state index is 13.3. The Morgan fingerprint density at radius 2 is 1.81 bits per heavy atom. The van der Waals surface area contributed by atoms with Crippen molar-refractivity contribution in [2.75, 3.05) is 10.2 Å². The highest BCUT2D eigenvalue weighted by atomic mass is 79.9. The Balaban J connectivity index is 1.27. The molecule has 0 unspecified atom stereocenters. The molecule has 0 spiro atoms. The maximum atomic E-state index is 13.3. The highest BCUT2D eigenvalue weighted by Crippen LogP contribution is 2.39. The van der Waals surface area contributed by atoms with Gasteiger partial charge in [-0.1, -0.05) is 6.92 Å². The molecule has 4 N–H and O–H groups in total. The van der Waals surface area contributed by atoms with Gasteiger partial charge in [0.15, 0.2) is 5.78 Å². The Bertz CT molecular complexity index is 1200. The number of pyridine rings is 1. The predicted molar refractivity (Wildman–Crippen MR) is 147 cm³/mol. The van der Waals surface area contributed by atoms with Gasteiger partial charge in [-0.05, 0) is 92.1 Å². The molecule has 8 nitrogen and oxygen atoms in total. The lowest BCUT2D eigenvalue weighted by molar-refractivity contribution is 0.0923. The van der Waals surface area contributed by atoms with Gasteiger partial charge in [-0.3, -0.25) is 14.4 Å². The second-order valence-electron chi connectivity index (χ2n) is 10.7. The van der Waals surface area contributed by atoms with Crippen LogP contribution in [0.1, 0.15) is 89.9 Å². The van der Waals surface area contributed by atoms with Crippen LogP contribution in [0.5, 0.6) is 0 Å². The Hall–Kier alpha value is -2.94. The van der Waals surface area contributed by atoms with Crippen molar-refractivity contribution in [3.8, 4) is 0 Å². The highest BCUT2D eigenvalue weighted by Gasteiger charge is 2.42. The first-order chi connectivity index (χ1) is 17.7. The van der Waals surface area contributed by atoms with Gasteiger partial charge in [0, 0.05) is 52.0 Å². The van der Waals surface area contributed by atoms with Gasteiger partial charge in [-0.2, -0.15) is 0 Å². The zero-order valence-corrected chi connectivity index (χ0v) is 22.9. The summed E-state index contributed by atoms with van der Waals surface area (Å²) in [7, 11) is 0. The number of halogens is 1. The smallest absolute Gasteiger partial charge is 0.252 e. The van der Waals surface area contributed by atoms with E-state index in [4.69, 9.17) is 5.73 Å². The van der Waals surface area contributed by atoms with E-state index in [0.717, 1.165) is 50.8 Å². The van der Waals surface area contributed by atoms with Crippen LogP contribution >= 0.6 is 15.9 Å². The number of nitrogens with zero attached hydrogens (tertiary/aromatic N) is 2. The Labute approximate surface area is 225 Å². The third kappa shape index (κ3) is 5.37. The number of hydrogen-bond donors (Lipinski definition) is 3. The normalized spacial score (nSPS) is 23.4. The van der Waals surface area contributed by atoms with Crippen LogP contribution in [0.4, 0.5) is 11.5 Å². The highest BCUT2D eigenvalue weighted by molar-refractivity contribution is 9.10. The molecule has 0 radical (unpaired) electrons. The molecule has 2 amide bonds. The number of ketones is 1. The number of amides is 2. The van der Waals surface area contributed by atoms with Crippen LogP contribution in [0, 0.1) is 5.92 Å². The number of aromatic nitrogens is 1. The third-order valence-corrected chi connectivity index (χ3v) is 8.60. The van der Waals surface area contributed by atoms with Gasteiger partial charge in [-0.25, -0.2) is 4.98 Å². The lowest BCUT2D eigenvalue weighted by atomic mass is 9.96. The Morgan fingerprint density at radius 1 is 1.11 bits per heavy atom. The fraction of sp³-hybridized carbons (Fsp3) is 0.500. The van der Waals surface area contributed by atoms with Crippen LogP contribution in [0.2, 0.25) is 0 Å². The molecule has 2 saturated heterocycles. The fourth-order valence-corrected chi connectivity index (χ4v) is 6.16. The first kappa shape index (κ1) is 25.7. The minimum atomic E-state index is -0.541. The van der Waals surface area contributed by atoms with Gasteiger partial charge >= 0.3 is 0 Å². The largest absolute Gasteiger partial charge is 0.382 e. The molecule has 1 aromatic heterocycles. The third-order valence-electron chi connectivity index (χ3n) is 7.94. The number of primary amides is 1. The summed E-state index contributed by atoms with van der Waals surface area (Å²) in [6.45, 7) is 4.07. The molecule has 2 bridgehead atoms. The van der Waals surface area contributed by atoms with Crippen LogP contribution in [0.25, 0.3) is 0 Å². The van der Waals surface area contributed by atoms with E-state index in [1.54, 1.807) is 18.3 Å². The number of fused-ring (bicyclic) bond motifs is 2. The summed E-state index contributed by atoms with van der Waals surface area (Å²) < 4.78 is 0.541. The molecule has 9 heteroatoms. The van der Waals surface area contributed by atoms with Crippen molar-refractivity contribution in [2.45, 2.75) is 83.0 Å². The fourth-order valence-electron chi connectivity index (χ4n) is 5.64. The summed E-state index contributed by atoms with van der Waals surface area (Å²) in [6, 6.07) is 7.99. The lowest BCUT2D eigenvalue weighted by Gasteiger charge is -2.40. The minimum absolute atomic E-state index is 0.0469. The molecule has 1 aliphatic carbocycles. The molecular formula is C28H34BrN5O3. The van der Waals surface area contributed by atoms with E-state index in [0.29, 0.717) is 38.9 Å². The monoisotopic (exact) mass is 567 g/mol. The number of Topliss-reactive ketones (excluding diaryl/α,β-unsaturated/α-hetero) is 1. The van der Waals surface area contributed by atoms with E-state index < -0.39 is 5.91 Å². The molecule has 2 aromatic rings. The number of carbonyl (C=O) groups excluding carboxylic acids is 3. The Morgan fingerprint density at radius 3 is 2.38 bits per heavy atom. The summed E-state index contributed by atoms with van der Waals surface area (Å²) in [5.41, 5.74) is 7.69. The quantitative estimate of drug-likeness (QED) is 0.379. The van der Waals surface area contributed by atoms with Gasteiger partial charge in [0.1, 0.15) is 5.82 Å². The van der Waals surface area contributed by atoms with Crippen molar-refractivity contribution in [3.63, 3.8) is 0 Å². The van der Waals surface area contributed by atoms with Crippen LogP contribution < -0.4 is 21.3 Å². The molecule has 5 rings (SSSR count). The Kier molecular flexibility index (Phi) is 7.25. The zero-order chi connectivity index (χ0) is 26.3. The van der Waals surface area contributed by atoms with Crippen molar-refractivity contribution < 1.29 is 14.4 Å². The van der Waals surface area contributed by atoms with Crippen LogP contribution in [0.15, 0.2) is 34.9 Å². The first-order valence-corrected chi connectivity index (χ1v) is 14.0. The van der Waals surface area contributed by atoms with Crippen molar-refractivity contribution >= 4 is 45.0 Å². The molecule has 3 fully saturated rings. The van der Waals surface area contributed by atoms with Gasteiger partial charge in [0.25, 0.3) is 11.8 Å². The van der Waals surface area contributed by atoms with Crippen LogP contribution in [-0.2, 0) is 0 Å². The summed E-state index contributed by atoms with van der Waals surface area (Å²) >= 11 is 3.47. The molecule has 196 valence electrons. The standard InChI is InChI=1S/C28H34BrN5O3/c1-3-15(2)32-24-13-21(23(29)12-22(24)27(30)36)28(37)33-18-10-19-7-8-20(11-18)34(19)25-9-6-17(14-31-25)26(35)16-4-5-16/h6,9,12-16,18-20,32H,3-5,7-8,10-11H2,1-2H3,(H2,30,36)(H,33,37)/t15-,18-,19+,20-/m1/s1. The number of hydrogen-bond acceptors (Lipinski definition) is 6. The number of benzene rings is 1. The number of nitrogens with two attached hydrogens (primary N) is 1. The first-order valence-electron chi connectivity index (χ1n) is 13.2. The molecule has 37 heavy (non-hydrogen) atoms. The van der Waals surface area contributed by atoms with Crippen molar-refractivity contribution in [1.29, 1.82) is 0 Å². The topological polar surface area (TPSA) is 117 Å². The summed E-state index contributed by atoms with van der Waals surface area (Å²) in [5, 5.41) is 6.53. The van der Waals surface area contributed by atoms with Gasteiger partial charge in [-0.15, -0.1) is 0 Å². The average molecular weight is 569 g/mol. The number of carbonyl (C=O) groups is 3. The molecule has 1 aromatic carbocycles. The summed E-state index contributed by atoms with van der Waals surface area (Å²) in [6.07, 6.45) is 8.36. The minimum Gasteiger partial charge on any atom is -0.382 e. The molecule has 2 aliphatic heterocycles. The van der Waals surface area contributed by atoms with E-state index >= 15 is 0 Å². The van der Waals surface area contributed by atoms with E-state index in [1.165, 1.54) is 0 Å². The molecule has 1 saturated carbocycles. The summed E-state index contributed by atoms with van der Waals surface area (Å²) in [4.78, 5) is 44.7. The van der Waals surface area contributed by atoms with E-state index in [1.807, 2.05) is 26.0 Å². The summed E-state index contributed by atoms with van der Waals surface area (Å²) in [5.74, 6) is 0.600. The number of anilines is 2. The zero-order valence-electron chi connectivity index (χ0n) is 21.3. The number of piperidine rings is 1. The number of rotatable bonds is 9. The predicted octanol–water partition coefficient (Wildman–Crippen LogP) is 4.68. The lowest BCUT2D eigenvalue weighted by Crippen LogP contribution is -2.50. The SMILES string of the molecule is CC[C@@H](C)Nc1cc(C(=O)N[C@H]2C[C@H]3CC[C@@H](C2)N3c2ccc(C(=O)C3CC3)cn2)c(Br)cc1C(N)=O. The molecular weight excluding hydrogens is 534 g/mol.